The number of nitrogens with one attached hydrogen (secondary N) is 1. The lowest BCUT2D eigenvalue weighted by Gasteiger charge is -2.13. The van der Waals surface area contributed by atoms with Crippen molar-refractivity contribution in [2.45, 2.75) is 5.92 Å². The maximum absolute atomic E-state index is 12.8. The summed E-state index contributed by atoms with van der Waals surface area (Å²) in [7, 11) is 1.32. The zero-order chi connectivity index (χ0) is 12.3. The van der Waals surface area contributed by atoms with Crippen molar-refractivity contribution >= 4 is 5.97 Å². The molecule has 2 aromatic rings. The number of carbonyl (C=O) groups is 1. The standard InChI is InChI=1S/C12H11FN2O2/c1-17-12(16)11(9-6-14-15-7-9)8-2-4-10(13)5-3-8/h2-7,11H,1H3,(H,14,15). The summed E-state index contributed by atoms with van der Waals surface area (Å²) >= 11 is 0. The molecule has 0 saturated carbocycles. The van der Waals surface area contributed by atoms with Gasteiger partial charge in [0.05, 0.1) is 13.3 Å². The first-order chi connectivity index (χ1) is 8.22. The average molecular weight is 234 g/mol. The molecule has 0 saturated heterocycles. The molecule has 0 aliphatic rings. The van der Waals surface area contributed by atoms with Crippen LogP contribution in [0.1, 0.15) is 17.0 Å². The van der Waals surface area contributed by atoms with Gasteiger partial charge in [0.25, 0.3) is 0 Å². The molecule has 88 valence electrons. The van der Waals surface area contributed by atoms with Gasteiger partial charge in [-0.05, 0) is 17.7 Å². The number of carbonyl (C=O) groups excluding carboxylic acids is 1. The summed E-state index contributed by atoms with van der Waals surface area (Å²) < 4.78 is 17.6. The molecule has 0 fully saturated rings. The maximum Gasteiger partial charge on any atom is 0.317 e. The second-order valence-electron chi connectivity index (χ2n) is 3.54. The minimum atomic E-state index is -0.584. The van der Waals surface area contributed by atoms with E-state index in [-0.39, 0.29) is 5.82 Å². The number of aromatic nitrogens is 2. The van der Waals surface area contributed by atoms with Gasteiger partial charge in [-0.1, -0.05) is 12.1 Å². The van der Waals surface area contributed by atoms with Crippen LogP contribution in [0, 0.1) is 5.82 Å². The van der Waals surface area contributed by atoms with Crippen LogP contribution in [0.3, 0.4) is 0 Å². The fraction of sp³-hybridized carbons (Fsp3) is 0.167. The van der Waals surface area contributed by atoms with Gasteiger partial charge < -0.3 is 4.74 Å². The predicted octanol–water partition coefficient (Wildman–Crippen LogP) is 1.85. The summed E-state index contributed by atoms with van der Waals surface area (Å²) in [5.41, 5.74) is 1.35. The van der Waals surface area contributed by atoms with Crippen molar-refractivity contribution in [2.24, 2.45) is 0 Å². The van der Waals surface area contributed by atoms with E-state index in [2.05, 4.69) is 10.2 Å². The first-order valence-corrected chi connectivity index (χ1v) is 5.04. The Balaban J connectivity index is 2.40. The van der Waals surface area contributed by atoms with Gasteiger partial charge in [-0.3, -0.25) is 9.89 Å². The Morgan fingerprint density at radius 1 is 1.35 bits per heavy atom. The lowest BCUT2D eigenvalue weighted by atomic mass is 9.94. The van der Waals surface area contributed by atoms with Crippen LogP contribution >= 0.6 is 0 Å². The summed E-state index contributed by atoms with van der Waals surface area (Å²) in [6, 6.07) is 5.74. The minimum Gasteiger partial charge on any atom is -0.468 e. The van der Waals surface area contributed by atoms with E-state index in [9.17, 15) is 9.18 Å². The number of halogens is 1. The minimum absolute atomic E-state index is 0.343. The van der Waals surface area contributed by atoms with Gasteiger partial charge in [0, 0.05) is 11.8 Å². The predicted molar refractivity (Wildman–Crippen MR) is 58.8 cm³/mol. The lowest BCUT2D eigenvalue weighted by molar-refractivity contribution is -0.141. The van der Waals surface area contributed by atoms with Crippen molar-refractivity contribution in [3.63, 3.8) is 0 Å². The first kappa shape index (κ1) is 11.3. The van der Waals surface area contributed by atoms with Crippen LogP contribution in [0.5, 0.6) is 0 Å². The van der Waals surface area contributed by atoms with Crippen LogP contribution < -0.4 is 0 Å². The van der Waals surface area contributed by atoms with E-state index >= 15 is 0 Å². The van der Waals surface area contributed by atoms with Gasteiger partial charge in [0.15, 0.2) is 0 Å². The van der Waals surface area contributed by atoms with Gasteiger partial charge in [0.2, 0.25) is 0 Å². The number of esters is 1. The Morgan fingerprint density at radius 3 is 2.59 bits per heavy atom. The first-order valence-electron chi connectivity index (χ1n) is 5.04. The van der Waals surface area contributed by atoms with Gasteiger partial charge >= 0.3 is 5.97 Å². The van der Waals surface area contributed by atoms with E-state index in [1.165, 1.54) is 19.2 Å². The van der Waals surface area contributed by atoms with E-state index in [1.54, 1.807) is 24.5 Å². The number of aromatic amines is 1. The molecule has 0 bridgehead atoms. The topological polar surface area (TPSA) is 55.0 Å². The van der Waals surface area contributed by atoms with Gasteiger partial charge in [-0.2, -0.15) is 5.10 Å². The van der Waals surface area contributed by atoms with Gasteiger partial charge in [-0.25, -0.2) is 4.39 Å². The van der Waals surface area contributed by atoms with Crippen LogP contribution in [-0.4, -0.2) is 23.3 Å². The number of nitrogens with zero attached hydrogens (tertiary/aromatic N) is 1. The van der Waals surface area contributed by atoms with Crippen molar-refractivity contribution in [3.8, 4) is 0 Å². The highest BCUT2D eigenvalue weighted by Crippen LogP contribution is 2.25. The summed E-state index contributed by atoms with van der Waals surface area (Å²) in [5.74, 6) is -1.33. The van der Waals surface area contributed by atoms with Crippen LogP contribution in [0.15, 0.2) is 36.7 Å². The largest absolute Gasteiger partial charge is 0.468 e. The van der Waals surface area contributed by atoms with Crippen LogP contribution in [0.2, 0.25) is 0 Å². The smallest absolute Gasteiger partial charge is 0.317 e. The second kappa shape index (κ2) is 4.78. The molecule has 0 aliphatic carbocycles. The molecule has 0 amide bonds. The fourth-order valence-electron chi connectivity index (χ4n) is 1.66. The third-order valence-electron chi connectivity index (χ3n) is 2.49. The zero-order valence-corrected chi connectivity index (χ0v) is 9.18. The molecule has 1 aromatic carbocycles. The normalized spacial score (nSPS) is 12.1. The number of ether oxygens (including phenoxy) is 1. The van der Waals surface area contributed by atoms with Crippen LogP contribution in [0.4, 0.5) is 4.39 Å². The quantitative estimate of drug-likeness (QED) is 0.824. The average Bonchev–Trinajstić information content (AvgIpc) is 2.85. The molecule has 0 spiro atoms. The highest BCUT2D eigenvalue weighted by Gasteiger charge is 2.24. The number of methoxy groups -OCH3 is 1. The third-order valence-corrected chi connectivity index (χ3v) is 2.49. The van der Waals surface area contributed by atoms with E-state index < -0.39 is 11.9 Å². The van der Waals surface area contributed by atoms with E-state index in [1.807, 2.05) is 0 Å². The Hall–Kier alpha value is -2.17. The van der Waals surface area contributed by atoms with Crippen molar-refractivity contribution in [2.75, 3.05) is 7.11 Å². The van der Waals surface area contributed by atoms with Crippen molar-refractivity contribution < 1.29 is 13.9 Å². The molecule has 0 aliphatic heterocycles. The zero-order valence-electron chi connectivity index (χ0n) is 9.18. The van der Waals surface area contributed by atoms with E-state index in [4.69, 9.17) is 4.74 Å². The molecule has 17 heavy (non-hydrogen) atoms. The number of hydrogen-bond donors (Lipinski definition) is 1. The maximum atomic E-state index is 12.8. The van der Waals surface area contributed by atoms with Crippen molar-refractivity contribution in [1.82, 2.24) is 10.2 Å². The summed E-state index contributed by atoms with van der Waals surface area (Å²) in [6.45, 7) is 0. The fourth-order valence-corrected chi connectivity index (χ4v) is 1.66. The molecule has 5 heteroatoms. The molecule has 1 N–H and O–H groups in total. The monoisotopic (exact) mass is 234 g/mol. The third kappa shape index (κ3) is 2.33. The van der Waals surface area contributed by atoms with Crippen molar-refractivity contribution in [1.29, 1.82) is 0 Å². The summed E-state index contributed by atoms with van der Waals surface area (Å²) in [5, 5.41) is 6.43. The summed E-state index contributed by atoms with van der Waals surface area (Å²) in [4.78, 5) is 11.7. The Kier molecular flexibility index (Phi) is 3.18. The molecule has 1 aromatic heterocycles. The SMILES string of the molecule is COC(=O)C(c1ccc(F)cc1)c1cn[nH]c1. The number of hydrogen-bond acceptors (Lipinski definition) is 3. The molecular formula is C12H11FN2O2. The number of H-pyrrole nitrogens is 1. The Bertz CT molecular complexity index is 494. The van der Waals surface area contributed by atoms with E-state index in [0.717, 1.165) is 0 Å². The molecule has 0 radical (unpaired) electrons. The van der Waals surface area contributed by atoms with Crippen LogP contribution in [0.25, 0.3) is 0 Å². The second-order valence-corrected chi connectivity index (χ2v) is 3.54. The van der Waals surface area contributed by atoms with Crippen molar-refractivity contribution in [3.05, 3.63) is 53.6 Å². The number of rotatable bonds is 3. The van der Waals surface area contributed by atoms with Gasteiger partial charge in [0.1, 0.15) is 11.7 Å². The van der Waals surface area contributed by atoms with E-state index in [0.29, 0.717) is 11.1 Å². The van der Waals surface area contributed by atoms with Gasteiger partial charge in [-0.15, -0.1) is 0 Å². The Labute approximate surface area is 97.4 Å². The highest BCUT2D eigenvalue weighted by atomic mass is 19.1. The summed E-state index contributed by atoms with van der Waals surface area (Å²) in [6.07, 6.45) is 3.16. The molecular weight excluding hydrogens is 223 g/mol. The number of benzene rings is 1. The molecule has 1 unspecified atom stereocenters. The molecule has 2 rings (SSSR count). The highest BCUT2D eigenvalue weighted by molar-refractivity contribution is 5.81. The molecule has 4 nitrogen and oxygen atoms in total. The van der Waals surface area contributed by atoms with Crippen LogP contribution in [-0.2, 0) is 9.53 Å². The lowest BCUT2D eigenvalue weighted by Crippen LogP contribution is -2.15. The molecule has 1 heterocycles. The Morgan fingerprint density at radius 2 is 2.06 bits per heavy atom. The molecule has 1 atom stereocenters.